The Hall–Kier alpha value is -0.420. The van der Waals surface area contributed by atoms with Crippen molar-refractivity contribution in [3.63, 3.8) is 0 Å². The van der Waals surface area contributed by atoms with Gasteiger partial charge >= 0.3 is 0 Å². The van der Waals surface area contributed by atoms with Gasteiger partial charge < -0.3 is 19.7 Å². The first-order valence-electron chi connectivity index (χ1n) is 16.1. The van der Waals surface area contributed by atoms with Crippen LogP contribution in [0.5, 0.6) is 0 Å². The number of ether oxygens (including phenoxy) is 2. The molecule has 2 heterocycles. The van der Waals surface area contributed by atoms with E-state index in [1.165, 1.54) is 12.8 Å². The number of unbranched alkanes of at least 4 members (excludes halogenated alkanes) is 1. The molecule has 11 atom stereocenters. The van der Waals surface area contributed by atoms with Gasteiger partial charge in [-0.15, -0.1) is 0 Å². The summed E-state index contributed by atoms with van der Waals surface area (Å²) >= 11 is 0. The van der Waals surface area contributed by atoms with Crippen molar-refractivity contribution < 1.29 is 19.7 Å². The van der Waals surface area contributed by atoms with Crippen LogP contribution in [0.2, 0.25) is 0 Å². The number of fused-ring (bicyclic) bond motifs is 8. The molecule has 4 nitrogen and oxygen atoms in total. The lowest BCUT2D eigenvalue weighted by atomic mass is 9.33. The van der Waals surface area contributed by atoms with E-state index < -0.39 is 0 Å². The molecule has 2 aliphatic heterocycles. The van der Waals surface area contributed by atoms with E-state index in [-0.39, 0.29) is 51.0 Å². The van der Waals surface area contributed by atoms with E-state index in [1.807, 2.05) is 0 Å². The molecule has 7 rings (SSSR count). The minimum absolute atomic E-state index is 0.00115. The molecule has 6 fully saturated rings. The van der Waals surface area contributed by atoms with Crippen LogP contribution in [0.15, 0.2) is 11.6 Å². The monoisotopic (exact) mass is 528 g/mol. The fourth-order valence-corrected chi connectivity index (χ4v) is 11.8. The van der Waals surface area contributed by atoms with Crippen molar-refractivity contribution in [3.8, 4) is 0 Å². The molecule has 7 aliphatic rings. The SMILES string of the molecule is CCCCO[C@H]1OC[C@]23CC[C@@]1(C)C[C@H]2C1=CC[C@@H]2[C@@]4(C)CC[C@H](O)C(C)(C)[C@@H]4CC[C@@]2(C)[C@]1(C)C[C@H]3O. The van der Waals surface area contributed by atoms with Gasteiger partial charge in [0.1, 0.15) is 0 Å². The van der Waals surface area contributed by atoms with Crippen molar-refractivity contribution in [1.82, 2.24) is 0 Å². The number of aliphatic hydroxyl groups excluding tert-OH is 2. The predicted octanol–water partition coefficient (Wildman–Crippen LogP) is 7.27. The Morgan fingerprint density at radius 1 is 0.921 bits per heavy atom. The van der Waals surface area contributed by atoms with Gasteiger partial charge in [-0.05, 0) is 104 Å². The van der Waals surface area contributed by atoms with Gasteiger partial charge in [-0.2, -0.15) is 0 Å². The Kier molecular flexibility index (Phi) is 6.42. The van der Waals surface area contributed by atoms with E-state index >= 15 is 0 Å². The Labute approximate surface area is 232 Å². The van der Waals surface area contributed by atoms with Gasteiger partial charge in [-0.1, -0.05) is 66.5 Å². The number of hydrogen-bond donors (Lipinski definition) is 2. The molecular weight excluding hydrogens is 472 g/mol. The van der Waals surface area contributed by atoms with Crippen LogP contribution in [0.4, 0.5) is 0 Å². The van der Waals surface area contributed by atoms with Crippen LogP contribution in [-0.2, 0) is 9.47 Å². The Balaban J connectivity index is 1.38. The largest absolute Gasteiger partial charge is 0.393 e. The molecule has 4 heteroatoms. The van der Waals surface area contributed by atoms with E-state index in [0.29, 0.717) is 24.4 Å². The molecule has 0 aromatic rings. The van der Waals surface area contributed by atoms with E-state index in [4.69, 9.17) is 9.47 Å². The number of hydrogen-bond acceptors (Lipinski definition) is 4. The summed E-state index contributed by atoms with van der Waals surface area (Å²) in [5.41, 5.74) is 1.84. The summed E-state index contributed by atoms with van der Waals surface area (Å²) < 4.78 is 13.0. The molecule has 0 aromatic heterocycles. The summed E-state index contributed by atoms with van der Waals surface area (Å²) in [6.07, 6.45) is 13.8. The molecular formula is C34H56O4. The van der Waals surface area contributed by atoms with E-state index in [2.05, 4.69) is 54.5 Å². The third-order valence-corrected chi connectivity index (χ3v) is 14.5. The van der Waals surface area contributed by atoms with E-state index in [0.717, 1.165) is 64.4 Å². The van der Waals surface area contributed by atoms with Crippen molar-refractivity contribution in [3.05, 3.63) is 11.6 Å². The second-order valence-corrected chi connectivity index (χ2v) is 16.4. The molecule has 2 N–H and O–H groups in total. The maximum absolute atomic E-state index is 12.1. The van der Waals surface area contributed by atoms with Crippen LogP contribution in [0.3, 0.4) is 0 Å². The van der Waals surface area contributed by atoms with Crippen molar-refractivity contribution in [2.75, 3.05) is 13.2 Å². The quantitative estimate of drug-likeness (QED) is 0.297. The van der Waals surface area contributed by atoms with Gasteiger partial charge in [0.05, 0.1) is 18.8 Å². The molecule has 1 spiro atoms. The molecule has 0 unspecified atom stereocenters. The molecule has 0 amide bonds. The normalized spacial score (nSPS) is 55.1. The van der Waals surface area contributed by atoms with E-state index in [9.17, 15) is 10.2 Å². The highest BCUT2D eigenvalue weighted by Gasteiger charge is 2.71. The lowest BCUT2D eigenvalue weighted by molar-refractivity contribution is -0.216. The number of aliphatic hydroxyl groups is 2. The Bertz CT molecular complexity index is 974. The smallest absolute Gasteiger partial charge is 0.162 e. The predicted molar refractivity (Wildman–Crippen MR) is 151 cm³/mol. The average Bonchev–Trinajstić information content (AvgIpc) is 3.07. The van der Waals surface area contributed by atoms with E-state index in [1.54, 1.807) is 5.57 Å². The first-order chi connectivity index (χ1) is 17.8. The van der Waals surface area contributed by atoms with Gasteiger partial charge in [0, 0.05) is 17.4 Å². The summed E-state index contributed by atoms with van der Waals surface area (Å²) in [4.78, 5) is 0. The molecule has 0 aromatic carbocycles. The molecule has 2 saturated heterocycles. The zero-order valence-electron chi connectivity index (χ0n) is 25.4. The molecule has 2 bridgehead atoms. The highest BCUT2D eigenvalue weighted by Crippen LogP contribution is 2.76. The second kappa shape index (κ2) is 8.79. The van der Waals surface area contributed by atoms with Gasteiger partial charge in [-0.3, -0.25) is 0 Å². The molecule has 216 valence electrons. The summed E-state index contributed by atoms with van der Waals surface area (Å²) in [7, 11) is 0. The third kappa shape index (κ3) is 3.42. The molecule has 0 radical (unpaired) electrons. The van der Waals surface area contributed by atoms with Crippen LogP contribution in [0, 0.1) is 50.2 Å². The number of rotatable bonds is 4. The standard InChI is InChI=1S/C34H56O4/c1-8-9-18-37-28-30(4)16-17-34(21-38-28)23(19-30)22-10-11-25-31(5)14-13-26(35)29(2,3)24(31)12-15-32(25,6)33(22,7)20-27(34)36/h10,23-28,35-36H,8-9,11-21H2,1-7H3/t23-,24-,25+,26-,27+,28-,30-,31-,32+,33+,34+/m0/s1. The van der Waals surface area contributed by atoms with Gasteiger partial charge in [0.2, 0.25) is 0 Å². The Morgan fingerprint density at radius 2 is 1.68 bits per heavy atom. The van der Waals surface area contributed by atoms with Crippen LogP contribution in [-0.4, -0.2) is 41.9 Å². The van der Waals surface area contributed by atoms with Crippen molar-refractivity contribution in [1.29, 1.82) is 0 Å². The summed E-state index contributed by atoms with van der Waals surface area (Å²) in [5.74, 6) is 1.52. The lowest BCUT2D eigenvalue weighted by Gasteiger charge is -2.71. The first-order valence-corrected chi connectivity index (χ1v) is 16.1. The van der Waals surface area contributed by atoms with Crippen LogP contribution >= 0.6 is 0 Å². The minimum Gasteiger partial charge on any atom is -0.393 e. The summed E-state index contributed by atoms with van der Waals surface area (Å²) in [5, 5.41) is 23.1. The molecule has 5 aliphatic carbocycles. The average molecular weight is 529 g/mol. The minimum atomic E-state index is -0.334. The topological polar surface area (TPSA) is 58.9 Å². The van der Waals surface area contributed by atoms with Gasteiger partial charge in [0.25, 0.3) is 0 Å². The molecule has 4 saturated carbocycles. The Morgan fingerprint density at radius 3 is 2.42 bits per heavy atom. The maximum Gasteiger partial charge on any atom is 0.162 e. The van der Waals surface area contributed by atoms with Crippen LogP contribution < -0.4 is 0 Å². The second-order valence-electron chi connectivity index (χ2n) is 16.4. The highest BCUT2D eigenvalue weighted by molar-refractivity contribution is 5.35. The summed E-state index contributed by atoms with van der Waals surface area (Å²) in [6.45, 7) is 18.3. The highest BCUT2D eigenvalue weighted by atomic mass is 16.7. The van der Waals surface area contributed by atoms with Gasteiger partial charge in [0.15, 0.2) is 6.29 Å². The third-order valence-electron chi connectivity index (χ3n) is 14.5. The van der Waals surface area contributed by atoms with Crippen LogP contribution in [0.25, 0.3) is 0 Å². The maximum atomic E-state index is 12.1. The zero-order chi connectivity index (χ0) is 27.4. The zero-order valence-corrected chi connectivity index (χ0v) is 25.4. The van der Waals surface area contributed by atoms with Crippen molar-refractivity contribution >= 4 is 0 Å². The number of allylic oxidation sites excluding steroid dienone is 2. The van der Waals surface area contributed by atoms with Crippen molar-refractivity contribution in [2.45, 2.75) is 138 Å². The van der Waals surface area contributed by atoms with Gasteiger partial charge in [-0.25, -0.2) is 0 Å². The fraction of sp³-hybridized carbons (Fsp3) is 0.941. The summed E-state index contributed by atoms with van der Waals surface area (Å²) in [6, 6.07) is 0. The van der Waals surface area contributed by atoms with Crippen molar-refractivity contribution in [2.24, 2.45) is 50.2 Å². The lowest BCUT2D eigenvalue weighted by Crippen LogP contribution is -2.66. The molecule has 38 heavy (non-hydrogen) atoms. The first kappa shape index (κ1) is 27.7. The fourth-order valence-electron chi connectivity index (χ4n) is 11.8. The van der Waals surface area contributed by atoms with Crippen LogP contribution in [0.1, 0.15) is 119 Å².